The van der Waals surface area contributed by atoms with Crippen molar-refractivity contribution < 1.29 is 9.57 Å². The number of hydrogen-bond donors (Lipinski definition) is 4. The maximum absolute atomic E-state index is 7.67. The molecular weight excluding hydrogens is 510 g/mol. The fraction of sp³-hybridized carbons (Fsp3) is 0.414. The lowest BCUT2D eigenvalue weighted by molar-refractivity contribution is 0.123. The van der Waals surface area contributed by atoms with Crippen LogP contribution in [-0.2, 0) is 16.0 Å². The van der Waals surface area contributed by atoms with E-state index >= 15 is 0 Å². The second-order valence-electron chi connectivity index (χ2n) is 8.00. The topological polar surface area (TPSA) is 135 Å². The monoisotopic (exact) mass is 553 g/mol. The molecule has 0 radical (unpaired) electrons. The highest BCUT2D eigenvalue weighted by Crippen LogP contribution is 2.30. The molecular formula is C29H43N7O2S. The van der Waals surface area contributed by atoms with Crippen molar-refractivity contribution in [2.24, 2.45) is 16.6 Å². The van der Waals surface area contributed by atoms with Crippen molar-refractivity contribution >= 4 is 33.6 Å². The Labute approximate surface area is 236 Å². The number of thiazole rings is 1. The van der Waals surface area contributed by atoms with Crippen LogP contribution in [0.4, 0.5) is 10.7 Å². The molecule has 1 unspecified atom stereocenters. The first-order valence-corrected chi connectivity index (χ1v) is 14.4. The summed E-state index contributed by atoms with van der Waals surface area (Å²) in [6.45, 7) is 13.7. The number of hydrogen-bond acceptors (Lipinski definition) is 10. The molecule has 0 saturated carbocycles. The molecule has 5 rings (SSSR count). The van der Waals surface area contributed by atoms with Gasteiger partial charge in [-0.15, -0.1) is 11.3 Å². The Morgan fingerprint density at radius 1 is 1.08 bits per heavy atom. The molecule has 1 aromatic heterocycles. The van der Waals surface area contributed by atoms with Crippen molar-refractivity contribution in [1.29, 1.82) is 5.41 Å². The van der Waals surface area contributed by atoms with Crippen molar-refractivity contribution in [3.8, 4) is 0 Å². The predicted octanol–water partition coefficient (Wildman–Crippen LogP) is 5.04. The number of aromatic nitrogens is 1. The number of nitrogens with zero attached hydrogens (tertiary/aromatic N) is 3. The Bertz CT molecular complexity index is 1160. The quantitative estimate of drug-likeness (QED) is 0.202. The minimum atomic E-state index is -0.215. The summed E-state index contributed by atoms with van der Waals surface area (Å²) in [5.41, 5.74) is 10.8. The molecule has 9 nitrogen and oxygen atoms in total. The maximum Gasteiger partial charge on any atom is 0.259 e. The van der Waals surface area contributed by atoms with Gasteiger partial charge in [0, 0.05) is 29.9 Å². The van der Waals surface area contributed by atoms with E-state index in [1.54, 1.807) is 11.3 Å². The van der Waals surface area contributed by atoms with E-state index in [0.717, 1.165) is 52.0 Å². The van der Waals surface area contributed by atoms with Gasteiger partial charge in [0.1, 0.15) is 11.2 Å². The highest BCUT2D eigenvalue weighted by atomic mass is 32.1. The molecule has 10 heteroatoms. The number of aryl methyl sites for hydroxylation is 1. The Kier molecular flexibility index (Phi) is 14.2. The van der Waals surface area contributed by atoms with Crippen molar-refractivity contribution in [1.82, 2.24) is 4.98 Å². The molecule has 0 amide bonds. The highest BCUT2D eigenvalue weighted by molar-refractivity contribution is 7.16. The molecule has 2 aliphatic heterocycles. The summed E-state index contributed by atoms with van der Waals surface area (Å²) in [7, 11) is 0. The molecule has 212 valence electrons. The van der Waals surface area contributed by atoms with Crippen LogP contribution in [0.1, 0.15) is 56.4 Å². The summed E-state index contributed by atoms with van der Waals surface area (Å²) < 4.78 is 5.31. The van der Waals surface area contributed by atoms with Crippen molar-refractivity contribution in [2.45, 2.75) is 47.2 Å². The average Bonchev–Trinajstić information content (AvgIpc) is 3.39. The highest BCUT2D eigenvalue weighted by Gasteiger charge is 2.22. The van der Waals surface area contributed by atoms with Crippen molar-refractivity contribution in [3.63, 3.8) is 0 Å². The van der Waals surface area contributed by atoms with Gasteiger partial charge >= 0.3 is 0 Å². The standard InChI is InChI=1S/C15H15N3.C10H16N4O2S.2C2H6/c16-14-10-17-13-9-5-4-8-12(13)15(18-14)11-6-2-1-3-7-11;1-2-7-13-8(9(11)16-12)10(17-7)14-3-5-15-6-4-14;2*1-2/h1-9,14,17H,10,16H2;11H,2-6,12H2,1H3;2*1-2H3. The van der Waals surface area contributed by atoms with Crippen LogP contribution in [0.2, 0.25) is 0 Å². The number of aliphatic imine (C=N–C) groups is 1. The summed E-state index contributed by atoms with van der Waals surface area (Å²) in [5, 5.41) is 12.9. The second kappa shape index (κ2) is 17.3. The van der Waals surface area contributed by atoms with Crippen molar-refractivity contribution in [2.75, 3.05) is 43.1 Å². The molecule has 1 fully saturated rings. The Hall–Kier alpha value is -3.31. The van der Waals surface area contributed by atoms with E-state index in [0.29, 0.717) is 25.5 Å². The van der Waals surface area contributed by atoms with Crippen LogP contribution < -0.4 is 21.8 Å². The van der Waals surface area contributed by atoms with E-state index in [4.69, 9.17) is 21.8 Å². The van der Waals surface area contributed by atoms with Gasteiger partial charge in [-0.25, -0.2) is 4.98 Å². The molecule has 3 heterocycles. The Morgan fingerprint density at radius 3 is 2.36 bits per heavy atom. The van der Waals surface area contributed by atoms with E-state index in [2.05, 4.69) is 49.3 Å². The number of para-hydroxylation sites is 1. The first-order valence-electron chi connectivity index (χ1n) is 13.6. The number of morpholine rings is 1. The molecule has 1 saturated heterocycles. The van der Waals surface area contributed by atoms with Crippen LogP contribution in [-0.4, -0.2) is 55.6 Å². The Balaban J connectivity index is 0.000000243. The first kappa shape index (κ1) is 31.9. The van der Waals surface area contributed by atoms with Gasteiger partial charge in [0.15, 0.2) is 5.69 Å². The summed E-state index contributed by atoms with van der Waals surface area (Å²) in [5.74, 6) is 4.97. The van der Waals surface area contributed by atoms with Crippen LogP contribution in [0.15, 0.2) is 59.6 Å². The van der Waals surface area contributed by atoms with Crippen LogP contribution >= 0.6 is 11.3 Å². The minimum absolute atomic E-state index is 0.0811. The van der Waals surface area contributed by atoms with Gasteiger partial charge in [0.2, 0.25) is 0 Å². The molecule has 6 N–H and O–H groups in total. The number of ether oxygens (including phenoxy) is 1. The van der Waals surface area contributed by atoms with E-state index in [1.165, 1.54) is 0 Å². The number of anilines is 2. The van der Waals surface area contributed by atoms with Gasteiger partial charge < -0.3 is 25.5 Å². The second-order valence-corrected chi connectivity index (χ2v) is 9.06. The number of nitrogens with two attached hydrogens (primary N) is 2. The zero-order valence-corrected chi connectivity index (χ0v) is 24.6. The molecule has 3 aromatic rings. The molecule has 1 atom stereocenters. The number of rotatable bonds is 4. The third-order valence-electron chi connectivity index (χ3n) is 5.61. The molecule has 0 spiro atoms. The lowest BCUT2D eigenvalue weighted by atomic mass is 10.0. The summed E-state index contributed by atoms with van der Waals surface area (Å²) in [6, 6.07) is 18.3. The fourth-order valence-electron chi connectivity index (χ4n) is 3.86. The van der Waals surface area contributed by atoms with E-state index < -0.39 is 0 Å². The maximum atomic E-state index is 7.67. The number of benzene rings is 2. The van der Waals surface area contributed by atoms with Crippen LogP contribution in [0, 0.1) is 5.41 Å². The Morgan fingerprint density at radius 2 is 1.72 bits per heavy atom. The summed E-state index contributed by atoms with van der Waals surface area (Å²) >= 11 is 1.59. The lowest BCUT2D eigenvalue weighted by Crippen LogP contribution is -2.36. The van der Waals surface area contributed by atoms with Gasteiger partial charge in [-0.3, -0.25) is 10.4 Å². The molecule has 2 aromatic carbocycles. The van der Waals surface area contributed by atoms with Gasteiger partial charge in [-0.05, 0) is 12.5 Å². The van der Waals surface area contributed by atoms with Crippen molar-refractivity contribution in [3.05, 3.63) is 76.4 Å². The summed E-state index contributed by atoms with van der Waals surface area (Å²) in [6.07, 6.45) is 0.632. The molecule has 0 bridgehead atoms. The first-order chi connectivity index (χ1) is 19.1. The molecule has 0 aliphatic carbocycles. The van der Waals surface area contributed by atoms with Gasteiger partial charge in [0.25, 0.3) is 5.90 Å². The number of benzodiazepines with no additional fused rings is 1. The zero-order chi connectivity index (χ0) is 28.6. The largest absolute Gasteiger partial charge is 0.389 e. The van der Waals surface area contributed by atoms with E-state index in [1.807, 2.05) is 65.0 Å². The molecule has 39 heavy (non-hydrogen) atoms. The smallest absolute Gasteiger partial charge is 0.259 e. The third-order valence-corrected chi connectivity index (χ3v) is 6.87. The van der Waals surface area contributed by atoms with Crippen LogP contribution in [0.5, 0.6) is 0 Å². The minimum Gasteiger partial charge on any atom is -0.389 e. The van der Waals surface area contributed by atoms with E-state index in [-0.39, 0.29) is 12.1 Å². The van der Waals surface area contributed by atoms with Crippen LogP contribution in [0.25, 0.3) is 0 Å². The molecule has 2 aliphatic rings. The van der Waals surface area contributed by atoms with Gasteiger partial charge in [-0.1, -0.05) is 83.1 Å². The normalized spacial score (nSPS) is 15.7. The van der Waals surface area contributed by atoms with E-state index in [9.17, 15) is 0 Å². The number of fused-ring (bicyclic) bond motifs is 1. The predicted molar refractivity (Wildman–Crippen MR) is 164 cm³/mol. The fourth-order valence-corrected chi connectivity index (χ4v) is 4.91. The average molecular weight is 554 g/mol. The van der Waals surface area contributed by atoms with Crippen LogP contribution in [0.3, 0.4) is 0 Å². The lowest BCUT2D eigenvalue weighted by Gasteiger charge is -2.27. The van der Waals surface area contributed by atoms with Gasteiger partial charge in [-0.2, -0.15) is 5.90 Å². The summed E-state index contributed by atoms with van der Waals surface area (Å²) in [4.78, 5) is 15.7. The number of nitrogens with one attached hydrogen (secondary N) is 2. The third kappa shape index (κ3) is 8.86. The SMILES string of the molecule is CC.CC.CCc1nc(C(=N)ON)c(N2CCOCC2)s1.NC1CNc2ccccc2C(c2ccccc2)=N1. The van der Waals surface area contributed by atoms with Gasteiger partial charge in [0.05, 0.1) is 30.5 Å². The zero-order valence-electron chi connectivity index (χ0n) is 23.7.